The third kappa shape index (κ3) is 4.47. The van der Waals surface area contributed by atoms with Crippen LogP contribution in [0.25, 0.3) is 16.7 Å². The van der Waals surface area contributed by atoms with Gasteiger partial charge in [-0.1, -0.05) is 12.1 Å². The van der Waals surface area contributed by atoms with Crippen molar-refractivity contribution in [2.24, 2.45) is 0 Å². The number of amides is 1. The fourth-order valence-corrected chi connectivity index (χ4v) is 5.46. The number of aryl methyl sites for hydroxylation is 1. The Morgan fingerprint density at radius 3 is 2.72 bits per heavy atom. The van der Waals surface area contributed by atoms with Crippen molar-refractivity contribution in [1.29, 1.82) is 0 Å². The van der Waals surface area contributed by atoms with Crippen molar-refractivity contribution in [1.82, 2.24) is 19.9 Å². The maximum atomic E-state index is 12.5. The number of carbonyl (C=O) groups excluding carboxylic acids is 1. The minimum Gasteiger partial charge on any atom is -0.495 e. The number of nitrogens with zero attached hydrogens (tertiary/aromatic N) is 4. The SMILES string of the molecule is COc1cc(C(=O)N2CC2)ccc1Nc1nc2c(c(OC3CCCC3)n1)C(c1ccc3nc(C)oc3c1)=CC2. The minimum atomic E-state index is 0.0122. The van der Waals surface area contributed by atoms with E-state index in [0.717, 1.165) is 72.3 Å². The van der Waals surface area contributed by atoms with E-state index in [1.807, 2.05) is 25.1 Å². The van der Waals surface area contributed by atoms with Crippen LogP contribution in [0.4, 0.5) is 11.6 Å². The number of ether oxygens (including phenoxy) is 2. The van der Waals surface area contributed by atoms with E-state index in [-0.39, 0.29) is 12.0 Å². The molecule has 0 unspecified atom stereocenters. The number of allylic oxidation sites excluding steroid dienone is 1. The van der Waals surface area contributed by atoms with Crippen LogP contribution in [-0.2, 0) is 6.42 Å². The molecule has 3 aliphatic rings. The van der Waals surface area contributed by atoms with Gasteiger partial charge in [0, 0.05) is 32.0 Å². The summed E-state index contributed by atoms with van der Waals surface area (Å²) < 4.78 is 17.9. The van der Waals surface area contributed by atoms with E-state index < -0.39 is 0 Å². The number of nitrogens with one attached hydrogen (secondary N) is 1. The zero-order chi connectivity index (χ0) is 26.5. The lowest BCUT2D eigenvalue weighted by Gasteiger charge is -2.18. The lowest BCUT2D eigenvalue weighted by molar-refractivity contribution is 0.0885. The summed E-state index contributed by atoms with van der Waals surface area (Å²) in [6.07, 6.45) is 7.32. The van der Waals surface area contributed by atoms with Crippen molar-refractivity contribution < 1.29 is 18.7 Å². The van der Waals surface area contributed by atoms with Gasteiger partial charge in [0.1, 0.15) is 17.4 Å². The summed E-state index contributed by atoms with van der Waals surface area (Å²) in [5.41, 5.74) is 6.76. The normalized spacial score (nSPS) is 16.4. The first-order chi connectivity index (χ1) is 19.1. The van der Waals surface area contributed by atoms with E-state index >= 15 is 0 Å². The van der Waals surface area contributed by atoms with E-state index in [1.165, 1.54) is 0 Å². The summed E-state index contributed by atoms with van der Waals surface area (Å²) in [4.78, 5) is 28.4. The Hall–Kier alpha value is -4.40. The number of carbonyl (C=O) groups is 1. The average molecular weight is 524 g/mol. The van der Waals surface area contributed by atoms with Gasteiger partial charge >= 0.3 is 0 Å². The van der Waals surface area contributed by atoms with Crippen molar-refractivity contribution in [2.45, 2.75) is 45.1 Å². The third-order valence-electron chi connectivity index (χ3n) is 7.54. The van der Waals surface area contributed by atoms with Crippen molar-refractivity contribution in [3.63, 3.8) is 0 Å². The molecule has 0 radical (unpaired) electrons. The number of rotatable bonds is 7. The van der Waals surface area contributed by atoms with Crippen LogP contribution in [0.5, 0.6) is 11.6 Å². The Bertz CT molecular complexity index is 1630. The van der Waals surface area contributed by atoms with Gasteiger partial charge in [-0.2, -0.15) is 4.98 Å². The molecule has 2 fully saturated rings. The van der Waals surface area contributed by atoms with Gasteiger partial charge < -0.3 is 24.1 Å². The summed E-state index contributed by atoms with van der Waals surface area (Å²) in [6, 6.07) is 11.5. The number of anilines is 2. The van der Waals surface area contributed by atoms with Crippen LogP contribution in [0, 0.1) is 6.92 Å². The number of fused-ring (bicyclic) bond motifs is 2. The Kier molecular flexibility index (Phi) is 5.72. The molecule has 7 rings (SSSR count). The molecule has 1 amide bonds. The predicted octanol–water partition coefficient (Wildman–Crippen LogP) is 5.44. The van der Waals surface area contributed by atoms with Crippen LogP contribution in [0.2, 0.25) is 0 Å². The second-order valence-electron chi connectivity index (χ2n) is 10.3. The Labute approximate surface area is 225 Å². The Morgan fingerprint density at radius 1 is 1.08 bits per heavy atom. The van der Waals surface area contributed by atoms with E-state index in [2.05, 4.69) is 22.4 Å². The number of benzene rings is 2. The van der Waals surface area contributed by atoms with E-state index in [9.17, 15) is 4.79 Å². The highest BCUT2D eigenvalue weighted by Gasteiger charge is 2.29. The smallest absolute Gasteiger partial charge is 0.254 e. The first-order valence-electron chi connectivity index (χ1n) is 13.5. The summed E-state index contributed by atoms with van der Waals surface area (Å²) in [5.74, 6) is 2.23. The Balaban J connectivity index is 1.24. The molecule has 198 valence electrons. The first kappa shape index (κ1) is 23.7. The molecule has 2 aromatic carbocycles. The zero-order valence-electron chi connectivity index (χ0n) is 22.0. The highest BCUT2D eigenvalue weighted by Crippen LogP contribution is 2.41. The van der Waals surface area contributed by atoms with E-state index in [4.69, 9.17) is 23.9 Å². The van der Waals surface area contributed by atoms with Gasteiger partial charge in [-0.05, 0) is 67.2 Å². The van der Waals surface area contributed by atoms with Crippen molar-refractivity contribution >= 4 is 34.2 Å². The molecular weight excluding hydrogens is 494 g/mol. The second kappa shape index (κ2) is 9.41. The largest absolute Gasteiger partial charge is 0.495 e. The zero-order valence-corrected chi connectivity index (χ0v) is 22.0. The molecule has 9 nitrogen and oxygen atoms in total. The summed E-state index contributed by atoms with van der Waals surface area (Å²) in [6.45, 7) is 3.46. The van der Waals surface area contributed by atoms with Crippen LogP contribution in [0.3, 0.4) is 0 Å². The molecule has 39 heavy (non-hydrogen) atoms. The summed E-state index contributed by atoms with van der Waals surface area (Å²) in [5, 5.41) is 3.31. The topological polar surface area (TPSA) is 102 Å². The van der Waals surface area contributed by atoms with Gasteiger partial charge in [0.15, 0.2) is 11.5 Å². The van der Waals surface area contributed by atoms with Crippen molar-refractivity contribution in [3.05, 3.63) is 70.7 Å². The van der Waals surface area contributed by atoms with Gasteiger partial charge in [0.25, 0.3) is 5.91 Å². The standard InChI is InChI=1S/C30H29N5O4/c1-17-31-23-10-7-18(15-26(23)38-17)21-9-12-24-27(21)28(39-20-5-3-4-6-20)34-30(33-24)32-22-11-8-19(16-25(22)37-2)29(36)35-13-14-35/h7-11,15-16,20H,3-6,12-14H2,1-2H3,(H,32,33,34). The third-order valence-corrected chi connectivity index (χ3v) is 7.54. The maximum Gasteiger partial charge on any atom is 0.254 e. The highest BCUT2D eigenvalue weighted by molar-refractivity contribution is 5.96. The molecule has 0 atom stereocenters. The molecule has 1 aliphatic heterocycles. The molecule has 1 N–H and O–H groups in total. The molecule has 0 spiro atoms. The van der Waals surface area contributed by atoms with Crippen molar-refractivity contribution in [2.75, 3.05) is 25.5 Å². The van der Waals surface area contributed by atoms with Gasteiger partial charge in [-0.15, -0.1) is 0 Å². The average Bonchev–Trinajstić information content (AvgIpc) is 3.29. The molecule has 2 aliphatic carbocycles. The molecule has 0 bridgehead atoms. The quantitative estimate of drug-likeness (QED) is 0.319. The Morgan fingerprint density at radius 2 is 1.92 bits per heavy atom. The molecule has 2 aromatic heterocycles. The first-order valence-corrected chi connectivity index (χ1v) is 13.5. The van der Waals surface area contributed by atoms with Crippen LogP contribution in [0.15, 0.2) is 46.9 Å². The molecular formula is C30H29N5O4. The summed E-state index contributed by atoms with van der Waals surface area (Å²) in [7, 11) is 1.59. The van der Waals surface area contributed by atoms with Gasteiger partial charge in [0.2, 0.25) is 11.8 Å². The minimum absolute atomic E-state index is 0.0122. The van der Waals surface area contributed by atoms with E-state index in [1.54, 1.807) is 24.1 Å². The lowest BCUT2D eigenvalue weighted by Crippen LogP contribution is -2.15. The highest BCUT2D eigenvalue weighted by atomic mass is 16.5. The molecule has 4 aromatic rings. The number of hydrogen-bond acceptors (Lipinski definition) is 8. The molecule has 3 heterocycles. The molecule has 1 saturated carbocycles. The lowest BCUT2D eigenvalue weighted by atomic mass is 10.0. The molecule has 1 saturated heterocycles. The number of methoxy groups -OCH3 is 1. The van der Waals surface area contributed by atoms with Crippen LogP contribution in [-0.4, -0.2) is 52.1 Å². The summed E-state index contributed by atoms with van der Waals surface area (Å²) >= 11 is 0. The second-order valence-corrected chi connectivity index (χ2v) is 10.3. The van der Waals surface area contributed by atoms with Gasteiger partial charge in [0.05, 0.1) is 24.1 Å². The van der Waals surface area contributed by atoms with Crippen LogP contribution >= 0.6 is 0 Å². The van der Waals surface area contributed by atoms with Crippen molar-refractivity contribution in [3.8, 4) is 11.6 Å². The van der Waals surface area contributed by atoms with Gasteiger partial charge in [-0.25, -0.2) is 9.97 Å². The number of aromatic nitrogens is 3. The maximum absolute atomic E-state index is 12.5. The number of hydrogen-bond donors (Lipinski definition) is 1. The predicted molar refractivity (Wildman–Crippen MR) is 147 cm³/mol. The van der Waals surface area contributed by atoms with Gasteiger partial charge in [-0.3, -0.25) is 4.79 Å². The van der Waals surface area contributed by atoms with E-state index in [0.29, 0.717) is 41.1 Å². The fraction of sp³-hybridized carbons (Fsp3) is 0.333. The van der Waals surface area contributed by atoms with Crippen LogP contribution < -0.4 is 14.8 Å². The monoisotopic (exact) mass is 523 g/mol. The fourth-order valence-electron chi connectivity index (χ4n) is 5.46. The number of oxazole rings is 1. The molecule has 9 heteroatoms. The van der Waals surface area contributed by atoms with Crippen LogP contribution in [0.1, 0.15) is 58.8 Å².